The molecule has 0 fully saturated rings. The van der Waals surface area contributed by atoms with E-state index < -0.39 is 0 Å². The molecule has 0 saturated carbocycles. The quantitative estimate of drug-likeness (QED) is 0.480. The minimum atomic E-state index is 0.208. The molecule has 3 heteroatoms. The summed E-state index contributed by atoms with van der Waals surface area (Å²) in [5.41, 5.74) is 1.17. The Morgan fingerprint density at radius 1 is 0.955 bits per heavy atom. The van der Waals surface area contributed by atoms with Crippen molar-refractivity contribution in [1.29, 1.82) is 5.26 Å². The molecule has 1 N–H and O–H groups in total. The number of halogens is 1. The van der Waals surface area contributed by atoms with Crippen molar-refractivity contribution in [3.63, 3.8) is 0 Å². The van der Waals surface area contributed by atoms with Crippen LogP contribution in [0.25, 0.3) is 0 Å². The Hall–Kier alpha value is -1.20. The summed E-state index contributed by atoms with van der Waals surface area (Å²) in [6.07, 6.45) is 13.6. The van der Waals surface area contributed by atoms with E-state index in [-0.39, 0.29) is 5.75 Å². The van der Waals surface area contributed by atoms with Gasteiger partial charge in [0.2, 0.25) is 0 Å². The Labute approximate surface area is 140 Å². The standard InChI is InChI=1S/C19H28ClNO/c1-2-3-4-5-6-7-8-9-10-11-12-17-18(22)14-13-16(15-21)19(17)20/h13-14,22H,2-12H2,1H3. The van der Waals surface area contributed by atoms with Gasteiger partial charge in [-0.05, 0) is 25.0 Å². The molecule has 0 aliphatic carbocycles. The van der Waals surface area contributed by atoms with Crippen LogP contribution in [0.1, 0.15) is 82.3 Å². The number of benzene rings is 1. The number of phenols is 1. The minimum Gasteiger partial charge on any atom is -0.508 e. The Bertz CT molecular complexity index is 479. The maximum Gasteiger partial charge on any atom is 0.120 e. The van der Waals surface area contributed by atoms with Crippen LogP contribution in [0.4, 0.5) is 0 Å². The zero-order valence-corrected chi connectivity index (χ0v) is 14.5. The minimum absolute atomic E-state index is 0.208. The second-order valence-corrected chi connectivity index (χ2v) is 6.35. The van der Waals surface area contributed by atoms with E-state index in [4.69, 9.17) is 16.9 Å². The van der Waals surface area contributed by atoms with Crippen LogP contribution >= 0.6 is 11.6 Å². The number of nitrogens with zero attached hydrogens (tertiary/aromatic N) is 1. The molecule has 0 aliphatic rings. The lowest BCUT2D eigenvalue weighted by molar-refractivity contribution is 0.466. The molecule has 1 rings (SSSR count). The number of aromatic hydroxyl groups is 1. The number of rotatable bonds is 11. The van der Waals surface area contributed by atoms with Gasteiger partial charge in [0.05, 0.1) is 10.6 Å². The molecule has 0 aromatic heterocycles. The molecule has 2 nitrogen and oxygen atoms in total. The Kier molecular flexibility index (Phi) is 9.75. The molecule has 0 aliphatic heterocycles. The third-order valence-electron chi connectivity index (χ3n) is 4.12. The van der Waals surface area contributed by atoms with Gasteiger partial charge in [0.1, 0.15) is 11.8 Å². The van der Waals surface area contributed by atoms with Crippen molar-refractivity contribution in [3.05, 3.63) is 28.3 Å². The second kappa shape index (κ2) is 11.4. The first kappa shape index (κ1) is 18.8. The third-order valence-corrected chi connectivity index (χ3v) is 4.55. The molecule has 0 heterocycles. The monoisotopic (exact) mass is 321 g/mol. The van der Waals surface area contributed by atoms with Gasteiger partial charge in [-0.1, -0.05) is 76.3 Å². The van der Waals surface area contributed by atoms with Gasteiger partial charge >= 0.3 is 0 Å². The van der Waals surface area contributed by atoms with Crippen molar-refractivity contribution in [3.8, 4) is 11.8 Å². The summed E-state index contributed by atoms with van der Waals surface area (Å²) in [5, 5.41) is 19.2. The van der Waals surface area contributed by atoms with Gasteiger partial charge in [-0.15, -0.1) is 0 Å². The lowest BCUT2D eigenvalue weighted by atomic mass is 10.0. The number of unbranched alkanes of at least 4 members (excludes halogenated alkanes) is 9. The number of hydrogen-bond acceptors (Lipinski definition) is 2. The fraction of sp³-hybridized carbons (Fsp3) is 0.632. The molecule has 0 unspecified atom stereocenters. The van der Waals surface area contributed by atoms with Crippen molar-refractivity contribution in [2.45, 2.75) is 77.6 Å². The predicted molar refractivity (Wildman–Crippen MR) is 93.4 cm³/mol. The SMILES string of the molecule is CCCCCCCCCCCCc1c(O)ccc(C#N)c1Cl. The van der Waals surface area contributed by atoms with Gasteiger partial charge in [0.25, 0.3) is 0 Å². The number of hydrogen-bond donors (Lipinski definition) is 1. The topological polar surface area (TPSA) is 44.0 Å². The molecular weight excluding hydrogens is 294 g/mol. The van der Waals surface area contributed by atoms with Gasteiger partial charge in [0.15, 0.2) is 0 Å². The van der Waals surface area contributed by atoms with Gasteiger partial charge in [-0.3, -0.25) is 0 Å². The first-order valence-corrected chi connectivity index (χ1v) is 8.99. The van der Waals surface area contributed by atoms with E-state index in [1.807, 2.05) is 0 Å². The number of nitriles is 1. The first-order chi connectivity index (χ1) is 10.7. The molecule has 0 amide bonds. The van der Waals surface area contributed by atoms with E-state index >= 15 is 0 Å². The van der Waals surface area contributed by atoms with E-state index in [0.29, 0.717) is 10.6 Å². The summed E-state index contributed by atoms with van der Waals surface area (Å²) in [6, 6.07) is 5.19. The van der Waals surface area contributed by atoms with Gasteiger partial charge in [-0.2, -0.15) is 5.26 Å². The van der Waals surface area contributed by atoms with Crippen LogP contribution < -0.4 is 0 Å². The van der Waals surface area contributed by atoms with E-state index in [2.05, 4.69) is 13.0 Å². The van der Waals surface area contributed by atoms with Crippen LogP contribution in [0.5, 0.6) is 5.75 Å². The summed E-state index contributed by atoms with van der Waals surface area (Å²) in [5.74, 6) is 0.208. The fourth-order valence-electron chi connectivity index (χ4n) is 2.72. The molecule has 1 aromatic carbocycles. The zero-order valence-electron chi connectivity index (χ0n) is 13.7. The van der Waals surface area contributed by atoms with Crippen molar-refractivity contribution in [2.75, 3.05) is 0 Å². The largest absolute Gasteiger partial charge is 0.508 e. The van der Waals surface area contributed by atoms with Crippen LogP contribution in [0.15, 0.2) is 12.1 Å². The van der Waals surface area contributed by atoms with Crippen LogP contribution in [0.3, 0.4) is 0 Å². The Morgan fingerprint density at radius 2 is 1.50 bits per heavy atom. The lowest BCUT2D eigenvalue weighted by Gasteiger charge is -2.08. The van der Waals surface area contributed by atoms with E-state index in [1.54, 1.807) is 12.1 Å². The molecule has 1 aromatic rings. The second-order valence-electron chi connectivity index (χ2n) is 5.97. The zero-order chi connectivity index (χ0) is 16.2. The van der Waals surface area contributed by atoms with Crippen LogP contribution in [0.2, 0.25) is 5.02 Å². The average molecular weight is 322 g/mol. The van der Waals surface area contributed by atoms with Crippen LogP contribution in [-0.2, 0) is 6.42 Å². The predicted octanol–water partition coefficient (Wildman–Crippen LogP) is 6.38. The maximum absolute atomic E-state index is 9.86. The molecular formula is C19H28ClNO. The highest BCUT2D eigenvalue weighted by Gasteiger charge is 2.10. The van der Waals surface area contributed by atoms with Gasteiger partial charge in [0, 0.05) is 5.56 Å². The molecule has 0 atom stereocenters. The molecule has 122 valence electrons. The van der Waals surface area contributed by atoms with Crippen LogP contribution in [0, 0.1) is 11.3 Å². The Balaban J connectivity index is 2.17. The molecule has 22 heavy (non-hydrogen) atoms. The highest BCUT2D eigenvalue weighted by Crippen LogP contribution is 2.30. The highest BCUT2D eigenvalue weighted by molar-refractivity contribution is 6.32. The summed E-state index contributed by atoms with van der Waals surface area (Å²) < 4.78 is 0. The summed E-state index contributed by atoms with van der Waals surface area (Å²) >= 11 is 6.15. The summed E-state index contributed by atoms with van der Waals surface area (Å²) in [7, 11) is 0. The maximum atomic E-state index is 9.86. The smallest absolute Gasteiger partial charge is 0.120 e. The average Bonchev–Trinajstić information content (AvgIpc) is 2.52. The van der Waals surface area contributed by atoms with Crippen molar-refractivity contribution >= 4 is 11.6 Å². The third kappa shape index (κ3) is 6.71. The first-order valence-electron chi connectivity index (χ1n) is 8.61. The molecule has 0 radical (unpaired) electrons. The van der Waals surface area contributed by atoms with Gasteiger partial charge in [-0.25, -0.2) is 0 Å². The lowest BCUT2D eigenvalue weighted by Crippen LogP contribution is -1.91. The van der Waals surface area contributed by atoms with Crippen molar-refractivity contribution in [2.24, 2.45) is 0 Å². The van der Waals surface area contributed by atoms with E-state index in [1.165, 1.54) is 51.4 Å². The van der Waals surface area contributed by atoms with E-state index in [0.717, 1.165) is 24.8 Å². The van der Waals surface area contributed by atoms with Gasteiger partial charge < -0.3 is 5.11 Å². The molecule has 0 bridgehead atoms. The highest BCUT2D eigenvalue weighted by atomic mass is 35.5. The van der Waals surface area contributed by atoms with Crippen molar-refractivity contribution < 1.29 is 5.11 Å². The summed E-state index contributed by atoms with van der Waals surface area (Å²) in [6.45, 7) is 2.25. The summed E-state index contributed by atoms with van der Waals surface area (Å²) in [4.78, 5) is 0. The number of phenolic OH excluding ortho intramolecular Hbond substituents is 1. The van der Waals surface area contributed by atoms with Crippen molar-refractivity contribution in [1.82, 2.24) is 0 Å². The normalized spacial score (nSPS) is 10.6. The Morgan fingerprint density at radius 3 is 2.05 bits per heavy atom. The fourth-order valence-corrected chi connectivity index (χ4v) is 3.02. The molecule has 0 spiro atoms. The van der Waals surface area contributed by atoms with Crippen LogP contribution in [-0.4, -0.2) is 5.11 Å². The van der Waals surface area contributed by atoms with E-state index in [9.17, 15) is 5.11 Å². The molecule has 0 saturated heterocycles.